The monoisotopic (exact) mass is 455 g/mol. The van der Waals surface area contributed by atoms with E-state index in [2.05, 4.69) is 29.4 Å². The Bertz CT molecular complexity index is 1160. The Labute approximate surface area is 187 Å². The van der Waals surface area contributed by atoms with Crippen LogP contribution >= 0.6 is 11.3 Å². The zero-order valence-electron chi connectivity index (χ0n) is 17.4. The number of carbonyl (C=O) groups is 1. The molecule has 0 bridgehead atoms. The lowest BCUT2D eigenvalue weighted by atomic mass is 10.1. The molecule has 1 saturated heterocycles. The number of carbonyl (C=O) groups excluding carboxylic acids is 1. The zero-order valence-corrected chi connectivity index (χ0v) is 19.0. The van der Waals surface area contributed by atoms with Gasteiger partial charge >= 0.3 is 0 Å². The standard InChI is InChI=1S/C23H25N3O3S2/c1-2-6-17-9-11-18(12-10-17)21-16-30-23(24-21)25-22(27)19-7-5-8-20(15-19)31(28,29)26-13-3-4-14-26/h5,7-12,15-16H,2-4,6,13-14H2,1H3,(H,24,25,27). The molecule has 0 aliphatic carbocycles. The first-order chi connectivity index (χ1) is 15.0. The molecule has 1 amide bonds. The summed E-state index contributed by atoms with van der Waals surface area (Å²) < 4.78 is 27.0. The van der Waals surface area contributed by atoms with Crippen molar-refractivity contribution in [2.75, 3.05) is 18.4 Å². The molecule has 8 heteroatoms. The van der Waals surface area contributed by atoms with E-state index in [1.807, 2.05) is 17.5 Å². The Hall–Kier alpha value is -2.55. The number of nitrogens with one attached hydrogen (secondary N) is 1. The number of rotatable bonds is 7. The molecule has 1 aliphatic rings. The smallest absolute Gasteiger partial charge is 0.257 e. The third kappa shape index (κ3) is 4.87. The molecule has 0 unspecified atom stereocenters. The molecule has 2 heterocycles. The van der Waals surface area contributed by atoms with Crippen LogP contribution in [0.5, 0.6) is 0 Å². The van der Waals surface area contributed by atoms with E-state index in [4.69, 9.17) is 0 Å². The van der Waals surface area contributed by atoms with Crippen LogP contribution in [0.25, 0.3) is 11.3 Å². The normalized spacial score (nSPS) is 14.6. The number of anilines is 1. The van der Waals surface area contributed by atoms with Crippen molar-refractivity contribution in [3.63, 3.8) is 0 Å². The van der Waals surface area contributed by atoms with Crippen LogP contribution in [0.1, 0.15) is 42.1 Å². The third-order valence-corrected chi connectivity index (χ3v) is 7.96. The van der Waals surface area contributed by atoms with Crippen LogP contribution in [0.15, 0.2) is 58.8 Å². The number of aryl methyl sites for hydroxylation is 1. The number of aromatic nitrogens is 1. The second-order valence-corrected chi connectivity index (χ2v) is 10.4. The van der Waals surface area contributed by atoms with Gasteiger partial charge in [0.05, 0.1) is 10.6 Å². The fourth-order valence-corrected chi connectivity index (χ4v) is 5.92. The Morgan fingerprint density at radius 2 is 1.87 bits per heavy atom. The van der Waals surface area contributed by atoms with Crippen LogP contribution in [-0.2, 0) is 16.4 Å². The maximum absolute atomic E-state index is 12.8. The molecule has 2 aromatic carbocycles. The second-order valence-electron chi connectivity index (χ2n) is 7.58. The van der Waals surface area contributed by atoms with Gasteiger partial charge in [-0.25, -0.2) is 13.4 Å². The van der Waals surface area contributed by atoms with Crippen molar-refractivity contribution >= 4 is 32.4 Å². The molecule has 3 aromatic rings. The van der Waals surface area contributed by atoms with Gasteiger partial charge in [-0.3, -0.25) is 10.1 Å². The first kappa shape index (κ1) is 21.7. The van der Waals surface area contributed by atoms with Crippen LogP contribution in [0.2, 0.25) is 0 Å². The fraction of sp³-hybridized carbons (Fsp3) is 0.304. The zero-order chi connectivity index (χ0) is 21.8. The molecule has 1 N–H and O–H groups in total. The summed E-state index contributed by atoms with van der Waals surface area (Å²) >= 11 is 1.34. The fourth-order valence-electron chi connectivity index (χ4n) is 3.64. The molecule has 6 nitrogen and oxygen atoms in total. The topological polar surface area (TPSA) is 79.4 Å². The summed E-state index contributed by atoms with van der Waals surface area (Å²) in [6, 6.07) is 14.5. The first-order valence-electron chi connectivity index (χ1n) is 10.4. The Morgan fingerprint density at radius 1 is 1.13 bits per heavy atom. The molecule has 1 fully saturated rings. The molecule has 4 rings (SSSR count). The second kappa shape index (κ2) is 9.30. The molecular formula is C23H25N3O3S2. The molecule has 0 spiro atoms. The highest BCUT2D eigenvalue weighted by molar-refractivity contribution is 7.89. The van der Waals surface area contributed by atoms with E-state index in [0.717, 1.165) is 36.9 Å². The lowest BCUT2D eigenvalue weighted by Crippen LogP contribution is -2.28. The van der Waals surface area contributed by atoms with Crippen molar-refractivity contribution < 1.29 is 13.2 Å². The molecule has 162 valence electrons. The summed E-state index contributed by atoms with van der Waals surface area (Å²) in [6.07, 6.45) is 3.89. The summed E-state index contributed by atoms with van der Waals surface area (Å²) in [7, 11) is -3.57. The van der Waals surface area contributed by atoms with Gasteiger partial charge in [-0.1, -0.05) is 43.7 Å². The van der Waals surface area contributed by atoms with Crippen molar-refractivity contribution in [2.45, 2.75) is 37.5 Å². The quantitative estimate of drug-likeness (QED) is 0.555. The van der Waals surface area contributed by atoms with E-state index in [-0.39, 0.29) is 10.8 Å². The summed E-state index contributed by atoms with van der Waals surface area (Å²) in [5.74, 6) is -0.377. The summed E-state index contributed by atoms with van der Waals surface area (Å²) in [6.45, 7) is 3.21. The minimum absolute atomic E-state index is 0.147. The van der Waals surface area contributed by atoms with Crippen LogP contribution in [0, 0.1) is 0 Å². The van der Waals surface area contributed by atoms with Gasteiger partial charge in [-0.2, -0.15) is 4.31 Å². The lowest BCUT2D eigenvalue weighted by Gasteiger charge is -2.15. The first-order valence-corrected chi connectivity index (χ1v) is 12.8. The van der Waals surface area contributed by atoms with E-state index in [9.17, 15) is 13.2 Å². The highest BCUT2D eigenvalue weighted by Crippen LogP contribution is 2.26. The third-order valence-electron chi connectivity index (χ3n) is 5.31. The van der Waals surface area contributed by atoms with Gasteiger partial charge in [-0.15, -0.1) is 11.3 Å². The minimum atomic E-state index is -3.57. The van der Waals surface area contributed by atoms with Crippen molar-refractivity contribution in [2.24, 2.45) is 0 Å². The SMILES string of the molecule is CCCc1ccc(-c2csc(NC(=O)c3cccc(S(=O)(=O)N4CCCC4)c3)n2)cc1. The van der Waals surface area contributed by atoms with E-state index in [1.165, 1.54) is 33.3 Å². The van der Waals surface area contributed by atoms with E-state index in [1.54, 1.807) is 12.1 Å². The van der Waals surface area contributed by atoms with Gasteiger partial charge in [0.25, 0.3) is 5.91 Å². The number of nitrogens with zero attached hydrogens (tertiary/aromatic N) is 2. The minimum Gasteiger partial charge on any atom is -0.298 e. The van der Waals surface area contributed by atoms with Gasteiger partial charge in [0.15, 0.2) is 5.13 Å². The predicted molar refractivity (Wildman–Crippen MR) is 124 cm³/mol. The average molecular weight is 456 g/mol. The van der Waals surface area contributed by atoms with Gasteiger partial charge in [0.1, 0.15) is 0 Å². The molecular weight excluding hydrogens is 430 g/mol. The predicted octanol–water partition coefficient (Wildman–Crippen LogP) is 4.80. The molecule has 0 atom stereocenters. The van der Waals surface area contributed by atoms with Gasteiger partial charge in [0.2, 0.25) is 10.0 Å². The maximum Gasteiger partial charge on any atom is 0.257 e. The van der Waals surface area contributed by atoms with Crippen molar-refractivity contribution in [3.8, 4) is 11.3 Å². The highest BCUT2D eigenvalue weighted by Gasteiger charge is 2.27. The molecule has 0 radical (unpaired) electrons. The average Bonchev–Trinajstić information content (AvgIpc) is 3.47. The number of amides is 1. The van der Waals surface area contributed by atoms with Crippen LogP contribution in [0.4, 0.5) is 5.13 Å². The maximum atomic E-state index is 12.8. The van der Waals surface area contributed by atoms with Crippen LogP contribution in [0.3, 0.4) is 0 Å². The molecule has 0 saturated carbocycles. The number of hydrogen-bond donors (Lipinski definition) is 1. The van der Waals surface area contributed by atoms with Crippen LogP contribution in [-0.4, -0.2) is 36.7 Å². The molecule has 31 heavy (non-hydrogen) atoms. The molecule has 1 aliphatic heterocycles. The van der Waals surface area contributed by atoms with Crippen LogP contribution < -0.4 is 5.32 Å². The highest BCUT2D eigenvalue weighted by atomic mass is 32.2. The number of hydrogen-bond acceptors (Lipinski definition) is 5. The van der Waals surface area contributed by atoms with Crippen molar-refractivity contribution in [1.82, 2.24) is 9.29 Å². The van der Waals surface area contributed by atoms with Gasteiger partial charge in [0, 0.05) is 29.6 Å². The van der Waals surface area contributed by atoms with Crippen molar-refractivity contribution in [3.05, 3.63) is 65.0 Å². The Kier molecular flexibility index (Phi) is 6.50. The van der Waals surface area contributed by atoms with E-state index < -0.39 is 10.0 Å². The molecule has 1 aromatic heterocycles. The number of benzene rings is 2. The largest absolute Gasteiger partial charge is 0.298 e. The lowest BCUT2D eigenvalue weighted by molar-refractivity contribution is 0.102. The summed E-state index contributed by atoms with van der Waals surface area (Å²) in [4.78, 5) is 17.4. The van der Waals surface area contributed by atoms with E-state index in [0.29, 0.717) is 23.8 Å². The number of sulfonamides is 1. The Morgan fingerprint density at radius 3 is 2.58 bits per heavy atom. The summed E-state index contributed by atoms with van der Waals surface area (Å²) in [5, 5.41) is 5.17. The summed E-state index contributed by atoms with van der Waals surface area (Å²) in [5.41, 5.74) is 3.38. The van der Waals surface area contributed by atoms with Gasteiger partial charge in [-0.05, 0) is 43.0 Å². The number of thiazole rings is 1. The van der Waals surface area contributed by atoms with E-state index >= 15 is 0 Å². The Balaban J connectivity index is 1.48. The van der Waals surface area contributed by atoms with Crippen molar-refractivity contribution in [1.29, 1.82) is 0 Å². The van der Waals surface area contributed by atoms with Gasteiger partial charge < -0.3 is 0 Å².